The third-order valence-electron chi connectivity index (χ3n) is 3.67. The van der Waals surface area contributed by atoms with E-state index in [1.54, 1.807) is 42.5 Å². The molecule has 4 heteroatoms. The van der Waals surface area contributed by atoms with Crippen LogP contribution in [0.15, 0.2) is 59.8 Å². The van der Waals surface area contributed by atoms with Crippen LogP contribution in [0, 0.1) is 11.6 Å². The van der Waals surface area contributed by atoms with Crippen LogP contribution in [0.25, 0.3) is 12.2 Å². The average molecular weight is 311 g/mol. The van der Waals surface area contributed by atoms with Gasteiger partial charge in [0.2, 0.25) is 0 Å². The summed E-state index contributed by atoms with van der Waals surface area (Å²) in [7, 11) is 0. The Labute approximate surface area is 133 Å². The molecule has 1 fully saturated rings. The zero-order valence-electron chi connectivity index (χ0n) is 12.4. The Bertz CT molecular complexity index is 809. The van der Waals surface area contributed by atoms with Gasteiger partial charge in [0.15, 0.2) is 5.78 Å². The van der Waals surface area contributed by atoms with Crippen LogP contribution in [-0.2, 0) is 4.79 Å². The number of carbonyl (C=O) groups is 1. The molecular weight excluding hydrogens is 296 g/mol. The Kier molecular flexibility index (Phi) is 4.33. The van der Waals surface area contributed by atoms with Crippen molar-refractivity contribution in [3.8, 4) is 0 Å². The summed E-state index contributed by atoms with van der Waals surface area (Å²) in [5, 5.41) is 3.10. The summed E-state index contributed by atoms with van der Waals surface area (Å²) in [6, 6.07) is 12.6. The molecular formula is C19H15F2NO. The first-order valence-electron chi connectivity index (χ1n) is 7.35. The number of ketones is 1. The zero-order chi connectivity index (χ0) is 16.2. The van der Waals surface area contributed by atoms with Gasteiger partial charge in [0.1, 0.15) is 11.6 Å². The van der Waals surface area contributed by atoms with Crippen molar-refractivity contribution < 1.29 is 13.6 Å². The van der Waals surface area contributed by atoms with Gasteiger partial charge in [0.25, 0.3) is 0 Å². The summed E-state index contributed by atoms with van der Waals surface area (Å²) in [4.78, 5) is 12.2. The first-order chi connectivity index (χ1) is 11.1. The minimum Gasteiger partial charge on any atom is -0.384 e. The second kappa shape index (κ2) is 6.57. The number of piperidine rings is 1. The highest BCUT2D eigenvalue weighted by Gasteiger charge is 2.20. The summed E-state index contributed by atoms with van der Waals surface area (Å²) in [5.74, 6) is -0.858. The maximum Gasteiger partial charge on any atom is 0.166 e. The van der Waals surface area contributed by atoms with E-state index < -0.39 is 5.82 Å². The van der Waals surface area contributed by atoms with Crippen LogP contribution in [0.3, 0.4) is 0 Å². The lowest BCUT2D eigenvalue weighted by Gasteiger charge is -2.20. The lowest BCUT2D eigenvalue weighted by atomic mass is 9.96. The molecule has 3 rings (SSSR count). The SMILES string of the molecule is O=C1CCNC(=Cc2ccccc2F)C1=Cc1ccccc1F. The number of Topliss-reactive ketones (excluding diaryl/α,β-unsaturated/α-hetero) is 1. The highest BCUT2D eigenvalue weighted by molar-refractivity contribution is 6.05. The van der Waals surface area contributed by atoms with Crippen LogP contribution >= 0.6 is 0 Å². The summed E-state index contributed by atoms with van der Waals surface area (Å²) < 4.78 is 27.7. The number of nitrogens with one attached hydrogen (secondary N) is 1. The predicted octanol–water partition coefficient (Wildman–Crippen LogP) is 3.95. The molecule has 0 bridgehead atoms. The predicted molar refractivity (Wildman–Crippen MR) is 86.4 cm³/mol. The molecule has 0 unspecified atom stereocenters. The van der Waals surface area contributed by atoms with Crippen molar-refractivity contribution in [2.24, 2.45) is 0 Å². The second-order valence-corrected chi connectivity index (χ2v) is 5.26. The summed E-state index contributed by atoms with van der Waals surface area (Å²) in [5.41, 5.74) is 1.59. The van der Waals surface area contributed by atoms with E-state index in [0.717, 1.165) is 0 Å². The van der Waals surface area contributed by atoms with Gasteiger partial charge in [-0.1, -0.05) is 36.4 Å². The number of hydrogen-bond donors (Lipinski definition) is 1. The molecule has 1 saturated heterocycles. The molecule has 0 atom stereocenters. The van der Waals surface area contributed by atoms with E-state index in [1.165, 1.54) is 18.2 Å². The number of benzene rings is 2. The largest absolute Gasteiger partial charge is 0.384 e. The van der Waals surface area contributed by atoms with Gasteiger partial charge in [-0.3, -0.25) is 4.79 Å². The van der Waals surface area contributed by atoms with Gasteiger partial charge >= 0.3 is 0 Å². The molecule has 0 radical (unpaired) electrons. The Balaban J connectivity index is 2.06. The molecule has 1 heterocycles. The number of rotatable bonds is 2. The molecule has 23 heavy (non-hydrogen) atoms. The summed E-state index contributed by atoms with van der Waals surface area (Å²) >= 11 is 0. The number of halogens is 2. The van der Waals surface area contributed by atoms with Crippen molar-refractivity contribution in [2.75, 3.05) is 6.54 Å². The normalized spacial score (nSPS) is 18.3. The van der Waals surface area contributed by atoms with E-state index in [2.05, 4.69) is 5.32 Å². The Morgan fingerprint density at radius 3 is 2.04 bits per heavy atom. The van der Waals surface area contributed by atoms with E-state index in [-0.39, 0.29) is 11.6 Å². The molecule has 0 aliphatic carbocycles. The fraction of sp³-hybridized carbons (Fsp3) is 0.105. The molecule has 1 aliphatic heterocycles. The molecule has 2 nitrogen and oxygen atoms in total. The third-order valence-corrected chi connectivity index (χ3v) is 3.67. The Hall–Kier alpha value is -2.75. The smallest absolute Gasteiger partial charge is 0.166 e. The van der Waals surface area contributed by atoms with E-state index in [4.69, 9.17) is 0 Å². The van der Waals surface area contributed by atoms with Crippen molar-refractivity contribution in [2.45, 2.75) is 6.42 Å². The number of hydrogen-bond acceptors (Lipinski definition) is 2. The lowest BCUT2D eigenvalue weighted by Crippen LogP contribution is -2.28. The van der Waals surface area contributed by atoms with Gasteiger partial charge in [0, 0.05) is 35.4 Å². The maximum atomic E-state index is 13.8. The summed E-state index contributed by atoms with van der Waals surface area (Å²) in [6.45, 7) is 0.480. The summed E-state index contributed by atoms with van der Waals surface area (Å²) in [6.07, 6.45) is 3.42. The lowest BCUT2D eigenvalue weighted by molar-refractivity contribution is -0.115. The highest BCUT2D eigenvalue weighted by Crippen LogP contribution is 2.23. The average Bonchev–Trinajstić information content (AvgIpc) is 2.54. The van der Waals surface area contributed by atoms with Gasteiger partial charge < -0.3 is 5.32 Å². The van der Waals surface area contributed by atoms with Crippen molar-refractivity contribution >= 4 is 17.9 Å². The van der Waals surface area contributed by atoms with Crippen molar-refractivity contribution in [1.29, 1.82) is 0 Å². The Morgan fingerprint density at radius 1 is 0.870 bits per heavy atom. The van der Waals surface area contributed by atoms with Gasteiger partial charge in [-0.2, -0.15) is 0 Å². The number of carbonyl (C=O) groups excluding carboxylic acids is 1. The van der Waals surface area contributed by atoms with Gasteiger partial charge in [-0.25, -0.2) is 8.78 Å². The maximum absolute atomic E-state index is 13.8. The first-order valence-corrected chi connectivity index (χ1v) is 7.35. The molecule has 2 aromatic carbocycles. The van der Waals surface area contributed by atoms with Crippen LogP contribution in [-0.4, -0.2) is 12.3 Å². The monoisotopic (exact) mass is 311 g/mol. The van der Waals surface area contributed by atoms with Crippen molar-refractivity contribution in [1.82, 2.24) is 5.32 Å². The van der Waals surface area contributed by atoms with Crippen LogP contribution in [0.1, 0.15) is 17.5 Å². The molecule has 2 aromatic rings. The minimum absolute atomic E-state index is 0.0883. The molecule has 116 valence electrons. The Morgan fingerprint density at radius 2 is 1.43 bits per heavy atom. The van der Waals surface area contributed by atoms with Crippen LogP contribution in [0.2, 0.25) is 0 Å². The standard InChI is InChI=1S/C19H15F2NO/c20-16-7-3-1-5-13(16)11-15-18(22-10-9-19(15)23)12-14-6-2-4-8-17(14)21/h1-8,11-12,22H,9-10H2. The molecule has 1 aliphatic rings. The molecule has 0 spiro atoms. The van der Waals surface area contributed by atoms with Gasteiger partial charge in [-0.15, -0.1) is 0 Å². The van der Waals surface area contributed by atoms with E-state index in [1.807, 2.05) is 0 Å². The second-order valence-electron chi connectivity index (χ2n) is 5.26. The quantitative estimate of drug-likeness (QED) is 0.851. The van der Waals surface area contributed by atoms with Crippen LogP contribution in [0.4, 0.5) is 8.78 Å². The van der Waals surface area contributed by atoms with E-state index >= 15 is 0 Å². The van der Waals surface area contributed by atoms with Crippen molar-refractivity contribution in [3.63, 3.8) is 0 Å². The van der Waals surface area contributed by atoms with Crippen LogP contribution in [0.5, 0.6) is 0 Å². The van der Waals surface area contributed by atoms with E-state index in [0.29, 0.717) is 35.4 Å². The number of allylic oxidation sites excluding steroid dienone is 1. The fourth-order valence-corrected chi connectivity index (χ4v) is 2.47. The zero-order valence-corrected chi connectivity index (χ0v) is 12.4. The molecule has 0 saturated carbocycles. The molecule has 0 amide bonds. The third kappa shape index (κ3) is 3.37. The van der Waals surface area contributed by atoms with Crippen LogP contribution < -0.4 is 5.32 Å². The topological polar surface area (TPSA) is 29.1 Å². The minimum atomic E-state index is -0.399. The molecule has 1 N–H and O–H groups in total. The fourth-order valence-electron chi connectivity index (χ4n) is 2.47. The first kappa shape index (κ1) is 15.2. The van der Waals surface area contributed by atoms with E-state index in [9.17, 15) is 13.6 Å². The highest BCUT2D eigenvalue weighted by atomic mass is 19.1. The van der Waals surface area contributed by atoms with Gasteiger partial charge in [-0.05, 0) is 24.3 Å². The van der Waals surface area contributed by atoms with Gasteiger partial charge in [0.05, 0.1) is 0 Å². The molecule has 0 aromatic heterocycles. The van der Waals surface area contributed by atoms with Crippen molar-refractivity contribution in [3.05, 3.63) is 82.6 Å².